The van der Waals surface area contributed by atoms with Crippen molar-refractivity contribution in [3.8, 4) is 0 Å². The zero-order valence-electron chi connectivity index (χ0n) is 9.48. The van der Waals surface area contributed by atoms with Gasteiger partial charge in [-0.15, -0.1) is 0 Å². The Morgan fingerprint density at radius 3 is 2.72 bits per heavy atom. The first-order valence-corrected chi connectivity index (χ1v) is 6.37. The summed E-state index contributed by atoms with van der Waals surface area (Å²) in [5.41, 5.74) is 2.09. The number of fused-ring (bicyclic) bond motifs is 1. The summed E-state index contributed by atoms with van der Waals surface area (Å²) in [5, 5.41) is 0. The van der Waals surface area contributed by atoms with Gasteiger partial charge in [-0.3, -0.25) is 0 Å². The Morgan fingerprint density at radius 2 is 1.94 bits per heavy atom. The van der Waals surface area contributed by atoms with Crippen LogP contribution in [0.15, 0.2) is 53.3 Å². The average Bonchev–Trinajstić information content (AvgIpc) is 2.74. The molecule has 0 bridgehead atoms. The van der Waals surface area contributed by atoms with E-state index in [9.17, 15) is 4.39 Å². The number of hydrogen-bond acceptors (Lipinski definition) is 1. The zero-order chi connectivity index (χ0) is 12.5. The molecular formula is C14H10BrFN2. The maximum Gasteiger partial charge on any atom is 0.123 e. The highest BCUT2D eigenvalue weighted by molar-refractivity contribution is 9.10. The average molecular weight is 305 g/mol. The number of hydrogen-bond donors (Lipinski definition) is 0. The molecule has 0 fully saturated rings. The molecule has 0 saturated heterocycles. The molecule has 0 amide bonds. The molecule has 0 atom stereocenters. The lowest BCUT2D eigenvalue weighted by molar-refractivity contribution is 0.627. The molecule has 0 N–H and O–H groups in total. The minimum atomic E-state index is -0.212. The van der Waals surface area contributed by atoms with E-state index in [1.165, 1.54) is 12.1 Å². The van der Waals surface area contributed by atoms with Crippen LogP contribution in [0.2, 0.25) is 0 Å². The predicted octanol–water partition coefficient (Wildman–Crippen LogP) is 3.83. The highest BCUT2D eigenvalue weighted by Crippen LogP contribution is 2.16. The van der Waals surface area contributed by atoms with Gasteiger partial charge in [-0.2, -0.15) is 0 Å². The number of pyridine rings is 1. The summed E-state index contributed by atoms with van der Waals surface area (Å²) in [5.74, 6) is 0.736. The van der Waals surface area contributed by atoms with Crippen LogP contribution in [0.25, 0.3) is 5.52 Å². The molecule has 2 aromatic heterocycles. The summed E-state index contributed by atoms with van der Waals surface area (Å²) >= 11 is 3.43. The van der Waals surface area contributed by atoms with Crippen molar-refractivity contribution in [1.29, 1.82) is 0 Å². The standard InChI is InChI=1S/C14H10BrFN2/c15-11-5-6-18-13(8-11)9-17-14(18)7-10-1-3-12(16)4-2-10/h1-6,8-9H,7H2. The molecule has 2 nitrogen and oxygen atoms in total. The topological polar surface area (TPSA) is 17.3 Å². The first kappa shape index (κ1) is 11.4. The van der Waals surface area contributed by atoms with Crippen molar-refractivity contribution >= 4 is 21.4 Å². The van der Waals surface area contributed by atoms with E-state index in [4.69, 9.17) is 0 Å². The molecule has 0 aliphatic carbocycles. The van der Waals surface area contributed by atoms with Gasteiger partial charge in [0.2, 0.25) is 0 Å². The monoisotopic (exact) mass is 304 g/mol. The Balaban J connectivity index is 1.97. The van der Waals surface area contributed by atoms with Crippen molar-refractivity contribution in [2.75, 3.05) is 0 Å². The summed E-state index contributed by atoms with van der Waals surface area (Å²) < 4.78 is 15.9. The summed E-state index contributed by atoms with van der Waals surface area (Å²) in [6.45, 7) is 0. The summed E-state index contributed by atoms with van der Waals surface area (Å²) in [6, 6.07) is 10.5. The quantitative estimate of drug-likeness (QED) is 0.703. The molecule has 0 unspecified atom stereocenters. The molecule has 0 spiro atoms. The Morgan fingerprint density at radius 1 is 1.17 bits per heavy atom. The van der Waals surface area contributed by atoms with E-state index >= 15 is 0 Å². The van der Waals surface area contributed by atoms with Gasteiger partial charge < -0.3 is 4.40 Å². The summed E-state index contributed by atoms with van der Waals surface area (Å²) in [6.07, 6.45) is 4.50. The fraction of sp³-hybridized carbons (Fsp3) is 0.0714. The van der Waals surface area contributed by atoms with Crippen molar-refractivity contribution in [2.24, 2.45) is 0 Å². The predicted molar refractivity (Wildman–Crippen MR) is 72.1 cm³/mol. The Hall–Kier alpha value is -1.68. The van der Waals surface area contributed by atoms with Crippen molar-refractivity contribution < 1.29 is 4.39 Å². The van der Waals surface area contributed by atoms with Crippen molar-refractivity contribution in [1.82, 2.24) is 9.38 Å². The molecule has 3 rings (SSSR count). The van der Waals surface area contributed by atoms with Crippen molar-refractivity contribution in [2.45, 2.75) is 6.42 Å². The van der Waals surface area contributed by atoms with Gasteiger partial charge in [0, 0.05) is 17.1 Å². The minimum absolute atomic E-state index is 0.212. The lowest BCUT2D eigenvalue weighted by Gasteiger charge is -2.02. The summed E-state index contributed by atoms with van der Waals surface area (Å²) in [7, 11) is 0. The van der Waals surface area contributed by atoms with E-state index in [2.05, 4.69) is 20.9 Å². The number of rotatable bonds is 2. The van der Waals surface area contributed by atoms with Crippen LogP contribution < -0.4 is 0 Å². The van der Waals surface area contributed by atoms with E-state index in [-0.39, 0.29) is 5.82 Å². The van der Waals surface area contributed by atoms with Crippen LogP contribution in [-0.4, -0.2) is 9.38 Å². The van der Waals surface area contributed by atoms with Gasteiger partial charge in [-0.05, 0) is 29.8 Å². The SMILES string of the molecule is Fc1ccc(Cc2ncc3cc(Br)ccn23)cc1. The van der Waals surface area contributed by atoms with Crippen LogP contribution in [0.5, 0.6) is 0 Å². The van der Waals surface area contributed by atoms with Crippen LogP contribution in [0.1, 0.15) is 11.4 Å². The lowest BCUT2D eigenvalue weighted by Crippen LogP contribution is -1.96. The third-order valence-electron chi connectivity index (χ3n) is 2.85. The van der Waals surface area contributed by atoms with Crippen molar-refractivity contribution in [3.63, 3.8) is 0 Å². The first-order valence-electron chi connectivity index (χ1n) is 5.58. The smallest absolute Gasteiger partial charge is 0.123 e. The molecule has 2 heterocycles. The molecule has 18 heavy (non-hydrogen) atoms. The van der Waals surface area contributed by atoms with Crippen LogP contribution in [0.4, 0.5) is 4.39 Å². The first-order chi connectivity index (χ1) is 8.72. The molecule has 0 aliphatic rings. The van der Waals surface area contributed by atoms with Crippen LogP contribution in [0, 0.1) is 5.82 Å². The molecule has 1 aromatic carbocycles. The second-order valence-corrected chi connectivity index (χ2v) is 5.03. The number of imidazole rings is 1. The second kappa shape index (κ2) is 4.53. The van der Waals surface area contributed by atoms with Crippen molar-refractivity contribution in [3.05, 3.63) is 70.5 Å². The fourth-order valence-corrected chi connectivity index (χ4v) is 2.30. The Labute approximate surface area is 112 Å². The van der Waals surface area contributed by atoms with E-state index in [1.807, 2.05) is 28.9 Å². The molecule has 0 saturated carbocycles. The minimum Gasteiger partial charge on any atom is -0.303 e. The third kappa shape index (κ3) is 2.16. The van der Waals surface area contributed by atoms with Gasteiger partial charge in [0.25, 0.3) is 0 Å². The Bertz CT molecular complexity index is 689. The fourth-order valence-electron chi connectivity index (χ4n) is 1.94. The number of nitrogens with zero attached hydrogens (tertiary/aromatic N) is 2. The zero-order valence-corrected chi connectivity index (χ0v) is 11.1. The highest BCUT2D eigenvalue weighted by atomic mass is 79.9. The van der Waals surface area contributed by atoms with E-state index in [0.717, 1.165) is 21.4 Å². The number of aromatic nitrogens is 2. The molecule has 90 valence electrons. The van der Waals surface area contributed by atoms with Gasteiger partial charge in [0.1, 0.15) is 11.6 Å². The van der Waals surface area contributed by atoms with Gasteiger partial charge >= 0.3 is 0 Å². The molecule has 3 aromatic rings. The normalized spacial score (nSPS) is 11.0. The second-order valence-electron chi connectivity index (χ2n) is 4.12. The lowest BCUT2D eigenvalue weighted by atomic mass is 10.1. The van der Waals surface area contributed by atoms with Crippen LogP contribution >= 0.6 is 15.9 Å². The number of benzene rings is 1. The van der Waals surface area contributed by atoms with Gasteiger partial charge in [-0.25, -0.2) is 9.37 Å². The maximum atomic E-state index is 12.8. The maximum absolute atomic E-state index is 12.8. The van der Waals surface area contributed by atoms with E-state index < -0.39 is 0 Å². The Kier molecular flexibility index (Phi) is 2.88. The molecular weight excluding hydrogens is 295 g/mol. The largest absolute Gasteiger partial charge is 0.303 e. The van der Waals surface area contributed by atoms with Crippen LogP contribution in [0.3, 0.4) is 0 Å². The highest BCUT2D eigenvalue weighted by Gasteiger charge is 2.05. The van der Waals surface area contributed by atoms with Gasteiger partial charge in [-0.1, -0.05) is 28.1 Å². The van der Waals surface area contributed by atoms with Crippen LogP contribution in [-0.2, 0) is 6.42 Å². The molecule has 4 heteroatoms. The van der Waals surface area contributed by atoms with Gasteiger partial charge in [0.15, 0.2) is 0 Å². The third-order valence-corrected chi connectivity index (χ3v) is 3.34. The summed E-state index contributed by atoms with van der Waals surface area (Å²) in [4.78, 5) is 4.40. The molecule has 0 aliphatic heterocycles. The number of halogens is 2. The van der Waals surface area contributed by atoms with E-state index in [1.54, 1.807) is 12.1 Å². The molecule has 0 radical (unpaired) electrons. The van der Waals surface area contributed by atoms with Gasteiger partial charge in [0.05, 0.1) is 11.7 Å². The van der Waals surface area contributed by atoms with E-state index in [0.29, 0.717) is 6.42 Å².